The van der Waals surface area contributed by atoms with Crippen molar-refractivity contribution >= 4 is 70.0 Å². The number of anilines is 1. The van der Waals surface area contributed by atoms with Crippen molar-refractivity contribution in [1.29, 1.82) is 5.26 Å². The standard InChI is InChI=1S/C23H17Cl4N3O2/c1-2-12-3-4-13(9-17(12)25)18-19(23(18,26)27)21(32)29-14-5-6-16(24)15(10-14)20(31)30-22(11-28)7-8-22/h2-6,9-10,18-19H,1,7-8H2,(H,29,32)(H,30,31)/t18-,19+/m0/s1. The van der Waals surface area contributed by atoms with Crippen LogP contribution in [0, 0.1) is 17.2 Å². The molecule has 2 N–H and O–H groups in total. The van der Waals surface area contributed by atoms with Crippen molar-refractivity contribution < 1.29 is 9.59 Å². The van der Waals surface area contributed by atoms with E-state index in [4.69, 9.17) is 46.4 Å². The topological polar surface area (TPSA) is 82.0 Å². The Morgan fingerprint density at radius 1 is 1.12 bits per heavy atom. The van der Waals surface area contributed by atoms with Crippen LogP contribution in [0.15, 0.2) is 43.0 Å². The van der Waals surface area contributed by atoms with E-state index >= 15 is 0 Å². The van der Waals surface area contributed by atoms with E-state index < -0.39 is 33.5 Å². The summed E-state index contributed by atoms with van der Waals surface area (Å²) in [6, 6.07) is 12.0. The van der Waals surface area contributed by atoms with Crippen molar-refractivity contribution in [3.8, 4) is 6.07 Å². The van der Waals surface area contributed by atoms with Crippen LogP contribution in [0.1, 0.15) is 40.2 Å². The number of carbonyl (C=O) groups is 2. The molecule has 0 unspecified atom stereocenters. The zero-order chi connectivity index (χ0) is 23.3. The van der Waals surface area contributed by atoms with Crippen LogP contribution >= 0.6 is 46.4 Å². The molecule has 2 aliphatic rings. The molecule has 0 spiro atoms. The molecule has 4 rings (SSSR count). The highest BCUT2D eigenvalue weighted by molar-refractivity contribution is 6.53. The van der Waals surface area contributed by atoms with E-state index in [1.54, 1.807) is 24.3 Å². The molecule has 2 amide bonds. The Morgan fingerprint density at radius 2 is 1.84 bits per heavy atom. The highest BCUT2D eigenvalue weighted by Crippen LogP contribution is 2.65. The summed E-state index contributed by atoms with van der Waals surface area (Å²) >= 11 is 25.3. The molecule has 2 saturated carbocycles. The smallest absolute Gasteiger partial charge is 0.254 e. The number of rotatable bonds is 6. The lowest BCUT2D eigenvalue weighted by molar-refractivity contribution is -0.117. The molecular formula is C23H17Cl4N3O2. The van der Waals surface area contributed by atoms with Gasteiger partial charge in [0.15, 0.2) is 0 Å². The number of carbonyl (C=O) groups excluding carboxylic acids is 2. The van der Waals surface area contributed by atoms with Crippen molar-refractivity contribution in [2.75, 3.05) is 5.32 Å². The van der Waals surface area contributed by atoms with Crippen LogP contribution in [-0.4, -0.2) is 21.7 Å². The maximum absolute atomic E-state index is 12.9. The molecule has 2 aliphatic carbocycles. The number of nitrogens with one attached hydrogen (secondary N) is 2. The molecule has 2 fully saturated rings. The molecule has 0 heterocycles. The molecular weight excluding hydrogens is 492 g/mol. The van der Waals surface area contributed by atoms with Crippen molar-refractivity contribution in [1.82, 2.24) is 5.32 Å². The molecule has 0 saturated heterocycles. The summed E-state index contributed by atoms with van der Waals surface area (Å²) in [4.78, 5) is 25.5. The molecule has 0 aromatic heterocycles. The Bertz CT molecular complexity index is 1180. The van der Waals surface area contributed by atoms with Gasteiger partial charge in [-0.05, 0) is 48.2 Å². The molecule has 2 aromatic rings. The number of halogens is 4. The van der Waals surface area contributed by atoms with Gasteiger partial charge in [-0.15, -0.1) is 23.2 Å². The second-order valence-electron chi connectivity index (χ2n) is 7.95. The second kappa shape index (κ2) is 8.28. The third-order valence-corrected chi connectivity index (χ3v) is 7.33. The molecule has 2 atom stereocenters. The van der Waals surface area contributed by atoms with Crippen LogP contribution in [0.5, 0.6) is 0 Å². The minimum Gasteiger partial charge on any atom is -0.334 e. The Hall–Kier alpha value is -2.23. The summed E-state index contributed by atoms with van der Waals surface area (Å²) in [7, 11) is 0. The van der Waals surface area contributed by atoms with Crippen LogP contribution in [-0.2, 0) is 4.79 Å². The number of alkyl halides is 2. The van der Waals surface area contributed by atoms with Gasteiger partial charge in [-0.3, -0.25) is 9.59 Å². The van der Waals surface area contributed by atoms with Gasteiger partial charge < -0.3 is 10.6 Å². The van der Waals surface area contributed by atoms with E-state index in [-0.39, 0.29) is 10.6 Å². The van der Waals surface area contributed by atoms with Crippen LogP contribution in [0.25, 0.3) is 6.08 Å². The number of hydrogen-bond acceptors (Lipinski definition) is 3. The number of amides is 2. The summed E-state index contributed by atoms with van der Waals surface area (Å²) in [5, 5.41) is 15.3. The molecule has 5 nitrogen and oxygen atoms in total. The van der Waals surface area contributed by atoms with Crippen molar-refractivity contribution in [3.05, 3.63) is 69.7 Å². The van der Waals surface area contributed by atoms with E-state index in [9.17, 15) is 14.9 Å². The third kappa shape index (κ3) is 4.21. The molecule has 0 radical (unpaired) electrons. The maximum atomic E-state index is 12.9. The average molecular weight is 509 g/mol. The number of benzene rings is 2. The van der Waals surface area contributed by atoms with Crippen LogP contribution in [0.3, 0.4) is 0 Å². The van der Waals surface area contributed by atoms with E-state index in [1.165, 1.54) is 12.1 Å². The van der Waals surface area contributed by atoms with Gasteiger partial charge in [0.1, 0.15) is 9.87 Å². The van der Waals surface area contributed by atoms with Gasteiger partial charge in [-0.2, -0.15) is 5.26 Å². The quantitative estimate of drug-likeness (QED) is 0.473. The Labute approximate surface area is 205 Å². The minimum absolute atomic E-state index is 0.160. The second-order valence-corrected chi connectivity index (χ2v) is 10.2. The summed E-state index contributed by atoms with van der Waals surface area (Å²) in [5.41, 5.74) is 1.20. The zero-order valence-electron chi connectivity index (χ0n) is 16.6. The van der Waals surface area contributed by atoms with Crippen molar-refractivity contribution in [3.63, 3.8) is 0 Å². The van der Waals surface area contributed by atoms with E-state index in [0.717, 1.165) is 11.1 Å². The van der Waals surface area contributed by atoms with Gasteiger partial charge in [0.2, 0.25) is 5.91 Å². The third-order valence-electron chi connectivity index (χ3n) is 5.73. The first-order valence-electron chi connectivity index (χ1n) is 9.76. The summed E-state index contributed by atoms with van der Waals surface area (Å²) in [6.07, 6.45) is 2.82. The Morgan fingerprint density at radius 3 is 2.44 bits per heavy atom. The van der Waals surface area contributed by atoms with Gasteiger partial charge >= 0.3 is 0 Å². The fourth-order valence-electron chi connectivity index (χ4n) is 3.64. The molecule has 164 valence electrons. The van der Waals surface area contributed by atoms with Crippen LogP contribution in [0.2, 0.25) is 10.0 Å². The summed E-state index contributed by atoms with van der Waals surface area (Å²) in [6.45, 7) is 3.70. The average Bonchev–Trinajstić information content (AvgIpc) is 3.64. The maximum Gasteiger partial charge on any atom is 0.254 e. The van der Waals surface area contributed by atoms with Gasteiger partial charge in [-0.25, -0.2) is 0 Å². The highest BCUT2D eigenvalue weighted by Gasteiger charge is 2.67. The molecule has 0 aliphatic heterocycles. The lowest BCUT2D eigenvalue weighted by Gasteiger charge is -2.12. The summed E-state index contributed by atoms with van der Waals surface area (Å²) < 4.78 is -1.29. The first kappa shape index (κ1) is 22.9. The highest BCUT2D eigenvalue weighted by atomic mass is 35.5. The Kier molecular flexibility index (Phi) is 5.94. The van der Waals surface area contributed by atoms with Crippen molar-refractivity contribution in [2.45, 2.75) is 28.6 Å². The summed E-state index contributed by atoms with van der Waals surface area (Å²) in [5.74, 6) is -2.02. The molecule has 0 bridgehead atoms. The predicted molar refractivity (Wildman–Crippen MR) is 127 cm³/mol. The first-order valence-corrected chi connectivity index (χ1v) is 11.3. The molecule has 32 heavy (non-hydrogen) atoms. The molecule has 2 aromatic carbocycles. The van der Waals surface area contributed by atoms with Crippen molar-refractivity contribution in [2.24, 2.45) is 5.92 Å². The van der Waals surface area contributed by atoms with Gasteiger partial charge in [0.05, 0.1) is 22.6 Å². The van der Waals surface area contributed by atoms with E-state index in [2.05, 4.69) is 23.3 Å². The van der Waals surface area contributed by atoms with Crippen LogP contribution < -0.4 is 10.6 Å². The largest absolute Gasteiger partial charge is 0.334 e. The normalized spacial score (nSPS) is 21.7. The monoisotopic (exact) mass is 507 g/mol. The number of nitrogens with zero attached hydrogens (tertiary/aromatic N) is 1. The zero-order valence-corrected chi connectivity index (χ0v) is 19.6. The number of nitriles is 1. The predicted octanol–water partition coefficient (Wildman–Crippen LogP) is 5.95. The minimum atomic E-state index is -1.29. The first-order chi connectivity index (χ1) is 15.1. The number of hydrogen-bond donors (Lipinski definition) is 2. The van der Waals surface area contributed by atoms with E-state index in [0.29, 0.717) is 23.6 Å². The molecule has 9 heteroatoms. The van der Waals surface area contributed by atoms with Crippen LogP contribution in [0.4, 0.5) is 5.69 Å². The fourth-order valence-corrected chi connectivity index (χ4v) is 4.94. The lowest BCUT2D eigenvalue weighted by atomic mass is 10.1. The lowest BCUT2D eigenvalue weighted by Crippen LogP contribution is -2.35. The Balaban J connectivity index is 1.50. The van der Waals surface area contributed by atoms with Gasteiger partial charge in [0.25, 0.3) is 5.91 Å². The SMILES string of the molecule is C=Cc1ccc([C@H]2[C@H](C(=O)Nc3ccc(Cl)c(C(=O)NC4(C#N)CC4)c3)C2(Cl)Cl)cc1Cl. The fraction of sp³-hybridized carbons (Fsp3) is 0.261. The van der Waals surface area contributed by atoms with E-state index in [1.807, 2.05) is 6.07 Å². The van der Waals surface area contributed by atoms with Gasteiger partial charge in [0, 0.05) is 16.6 Å². The van der Waals surface area contributed by atoms with Gasteiger partial charge in [-0.1, -0.05) is 48.0 Å².